The number of carbonyl (C=O) groups excluding carboxylic acids is 1. The Kier molecular flexibility index (Phi) is 5.41. The van der Waals surface area contributed by atoms with Gasteiger partial charge in [0.25, 0.3) is 0 Å². The molecule has 0 unspecified atom stereocenters. The van der Waals surface area contributed by atoms with Crippen LogP contribution >= 0.6 is 0 Å². The van der Waals surface area contributed by atoms with Gasteiger partial charge in [-0.1, -0.05) is 18.2 Å². The number of nitrogens with zero attached hydrogens (tertiary/aromatic N) is 3. The summed E-state index contributed by atoms with van der Waals surface area (Å²) >= 11 is 0. The van der Waals surface area contributed by atoms with Crippen molar-refractivity contribution < 1.29 is 4.79 Å². The first-order valence-electron chi connectivity index (χ1n) is 9.85. The van der Waals surface area contributed by atoms with E-state index in [2.05, 4.69) is 30.5 Å². The van der Waals surface area contributed by atoms with Crippen LogP contribution in [0, 0.1) is 6.92 Å². The minimum Gasteiger partial charge on any atom is -0.368 e. The Morgan fingerprint density at radius 3 is 2.86 bits per heavy atom. The first kappa shape index (κ1) is 18.3. The van der Waals surface area contributed by atoms with Gasteiger partial charge in [0.05, 0.1) is 6.42 Å². The fourth-order valence-electron chi connectivity index (χ4n) is 3.66. The second-order valence-corrected chi connectivity index (χ2v) is 7.17. The van der Waals surface area contributed by atoms with E-state index in [1.165, 1.54) is 12.8 Å². The summed E-state index contributed by atoms with van der Waals surface area (Å²) in [6.45, 7) is 5.19. The monoisotopic (exact) mass is 378 g/mol. The molecule has 7 heteroatoms. The highest BCUT2D eigenvalue weighted by Gasteiger charge is 2.15. The quantitative estimate of drug-likeness (QED) is 0.550. The molecule has 3 heterocycles. The summed E-state index contributed by atoms with van der Waals surface area (Å²) < 4.78 is 0. The van der Waals surface area contributed by atoms with Gasteiger partial charge in [0.2, 0.25) is 5.91 Å². The van der Waals surface area contributed by atoms with Crippen molar-refractivity contribution in [1.82, 2.24) is 20.3 Å². The van der Waals surface area contributed by atoms with Gasteiger partial charge in [-0.15, -0.1) is 0 Å². The number of hydrogen-bond donors (Lipinski definition) is 3. The molecule has 0 spiro atoms. The van der Waals surface area contributed by atoms with Crippen molar-refractivity contribution in [2.75, 3.05) is 36.4 Å². The lowest BCUT2D eigenvalue weighted by atomic mass is 10.1. The topological polar surface area (TPSA) is 85.9 Å². The molecule has 146 valence electrons. The summed E-state index contributed by atoms with van der Waals surface area (Å²) in [7, 11) is 0. The number of aryl methyl sites for hydroxylation is 1. The van der Waals surface area contributed by atoms with E-state index < -0.39 is 0 Å². The Morgan fingerprint density at radius 1 is 1.18 bits per heavy atom. The highest BCUT2D eigenvalue weighted by atomic mass is 16.1. The van der Waals surface area contributed by atoms with Gasteiger partial charge in [-0.25, -0.2) is 9.97 Å². The zero-order valence-electron chi connectivity index (χ0n) is 16.2. The predicted molar refractivity (Wildman–Crippen MR) is 112 cm³/mol. The van der Waals surface area contributed by atoms with E-state index in [0.29, 0.717) is 19.5 Å². The standard InChI is InChI=1S/C21H26N6O/c1-15-25-19(13-20(26-15)27-10-4-5-11-27)22-8-9-23-21(28)12-16-14-24-18-7-3-2-6-17(16)18/h2-3,6-7,13-14,24H,4-5,8-12H2,1H3,(H,23,28)(H,22,25,26). The molecular formula is C21H26N6O. The fourth-order valence-corrected chi connectivity index (χ4v) is 3.66. The Labute approximate surface area is 164 Å². The van der Waals surface area contributed by atoms with E-state index >= 15 is 0 Å². The number of hydrogen-bond acceptors (Lipinski definition) is 5. The molecule has 1 aliphatic rings. The van der Waals surface area contributed by atoms with Crippen LogP contribution in [0.15, 0.2) is 36.5 Å². The molecule has 3 N–H and O–H groups in total. The molecule has 0 bridgehead atoms. The largest absolute Gasteiger partial charge is 0.368 e. The summed E-state index contributed by atoms with van der Waals surface area (Å²) in [6.07, 6.45) is 4.71. The van der Waals surface area contributed by atoms with E-state index in [9.17, 15) is 4.79 Å². The number of amides is 1. The van der Waals surface area contributed by atoms with Crippen LogP contribution in [0.25, 0.3) is 10.9 Å². The first-order valence-corrected chi connectivity index (χ1v) is 9.85. The third-order valence-electron chi connectivity index (χ3n) is 5.03. The Hall–Kier alpha value is -3.09. The molecule has 0 saturated carbocycles. The van der Waals surface area contributed by atoms with Gasteiger partial charge >= 0.3 is 0 Å². The van der Waals surface area contributed by atoms with Gasteiger partial charge in [-0.3, -0.25) is 4.79 Å². The molecule has 4 rings (SSSR count). The van der Waals surface area contributed by atoms with Crippen LogP contribution in [0.5, 0.6) is 0 Å². The van der Waals surface area contributed by atoms with Crippen molar-refractivity contribution in [3.05, 3.63) is 47.9 Å². The normalized spacial score (nSPS) is 13.8. The average molecular weight is 378 g/mol. The van der Waals surface area contributed by atoms with Crippen LogP contribution in [0.1, 0.15) is 24.2 Å². The number of H-pyrrole nitrogens is 1. The van der Waals surface area contributed by atoms with E-state index in [-0.39, 0.29) is 5.91 Å². The smallest absolute Gasteiger partial charge is 0.224 e. The SMILES string of the molecule is Cc1nc(NCCNC(=O)Cc2c[nH]c3ccccc23)cc(N2CCCC2)n1. The van der Waals surface area contributed by atoms with E-state index in [1.807, 2.05) is 43.5 Å². The lowest BCUT2D eigenvalue weighted by Gasteiger charge is -2.17. The third kappa shape index (κ3) is 4.24. The van der Waals surface area contributed by atoms with Crippen LogP contribution in [-0.2, 0) is 11.2 Å². The van der Waals surface area contributed by atoms with Crippen molar-refractivity contribution in [1.29, 1.82) is 0 Å². The van der Waals surface area contributed by atoms with Crippen molar-refractivity contribution >= 4 is 28.4 Å². The molecule has 1 amide bonds. The van der Waals surface area contributed by atoms with Crippen LogP contribution < -0.4 is 15.5 Å². The second kappa shape index (κ2) is 8.29. The molecule has 3 aromatic rings. The molecule has 1 aromatic carbocycles. The zero-order chi connectivity index (χ0) is 19.3. The lowest BCUT2D eigenvalue weighted by molar-refractivity contribution is -0.120. The van der Waals surface area contributed by atoms with Gasteiger partial charge < -0.3 is 20.5 Å². The molecule has 0 atom stereocenters. The number of rotatable bonds is 7. The van der Waals surface area contributed by atoms with Crippen molar-refractivity contribution in [3.8, 4) is 0 Å². The number of anilines is 2. The number of aromatic amines is 1. The van der Waals surface area contributed by atoms with Crippen LogP contribution in [0.3, 0.4) is 0 Å². The maximum atomic E-state index is 12.3. The van der Waals surface area contributed by atoms with Crippen LogP contribution in [-0.4, -0.2) is 47.0 Å². The molecule has 1 saturated heterocycles. The second-order valence-electron chi connectivity index (χ2n) is 7.17. The maximum Gasteiger partial charge on any atom is 0.224 e. The fraction of sp³-hybridized carbons (Fsp3) is 0.381. The van der Waals surface area contributed by atoms with E-state index in [4.69, 9.17) is 0 Å². The molecular weight excluding hydrogens is 352 g/mol. The molecule has 0 radical (unpaired) electrons. The maximum absolute atomic E-state index is 12.3. The first-order chi connectivity index (χ1) is 13.7. The zero-order valence-corrected chi connectivity index (χ0v) is 16.2. The Bertz CT molecular complexity index is 960. The summed E-state index contributed by atoms with van der Waals surface area (Å²) in [6, 6.07) is 10.0. The minimum atomic E-state index is 0.0168. The van der Waals surface area contributed by atoms with E-state index in [0.717, 1.165) is 47.0 Å². The van der Waals surface area contributed by atoms with Gasteiger partial charge in [-0.05, 0) is 31.4 Å². The number of nitrogens with one attached hydrogen (secondary N) is 3. The summed E-state index contributed by atoms with van der Waals surface area (Å²) in [4.78, 5) is 26.8. The van der Waals surface area contributed by atoms with Crippen molar-refractivity contribution in [3.63, 3.8) is 0 Å². The molecule has 1 aliphatic heterocycles. The number of aromatic nitrogens is 3. The summed E-state index contributed by atoms with van der Waals surface area (Å²) in [5.74, 6) is 2.56. The Balaban J connectivity index is 1.27. The van der Waals surface area contributed by atoms with Crippen LogP contribution in [0.2, 0.25) is 0 Å². The highest BCUT2D eigenvalue weighted by molar-refractivity contribution is 5.88. The number of benzene rings is 1. The van der Waals surface area contributed by atoms with Crippen molar-refractivity contribution in [2.45, 2.75) is 26.2 Å². The predicted octanol–water partition coefficient (Wildman–Crippen LogP) is 2.64. The minimum absolute atomic E-state index is 0.0168. The van der Waals surface area contributed by atoms with Crippen molar-refractivity contribution in [2.24, 2.45) is 0 Å². The van der Waals surface area contributed by atoms with Gasteiger partial charge in [-0.2, -0.15) is 0 Å². The van der Waals surface area contributed by atoms with Gasteiger partial charge in [0.1, 0.15) is 17.5 Å². The number of carbonyl (C=O) groups is 1. The summed E-state index contributed by atoms with van der Waals surface area (Å²) in [5.41, 5.74) is 2.07. The lowest BCUT2D eigenvalue weighted by Crippen LogP contribution is -2.30. The molecule has 0 aliphatic carbocycles. The van der Waals surface area contributed by atoms with Gasteiger partial charge in [0.15, 0.2) is 0 Å². The third-order valence-corrected chi connectivity index (χ3v) is 5.03. The van der Waals surface area contributed by atoms with E-state index in [1.54, 1.807) is 0 Å². The summed E-state index contributed by atoms with van der Waals surface area (Å²) in [5, 5.41) is 7.36. The van der Waals surface area contributed by atoms with Crippen LogP contribution in [0.4, 0.5) is 11.6 Å². The molecule has 28 heavy (non-hydrogen) atoms. The number of fused-ring (bicyclic) bond motifs is 1. The molecule has 1 fully saturated rings. The average Bonchev–Trinajstić information content (AvgIpc) is 3.36. The number of para-hydroxylation sites is 1. The Morgan fingerprint density at radius 2 is 2.00 bits per heavy atom. The van der Waals surface area contributed by atoms with Gasteiger partial charge in [0, 0.05) is 49.3 Å². The molecule has 2 aromatic heterocycles. The molecule has 7 nitrogen and oxygen atoms in total. The highest BCUT2D eigenvalue weighted by Crippen LogP contribution is 2.20.